The molecule has 0 unspecified atom stereocenters. The van der Waals surface area contributed by atoms with Crippen molar-refractivity contribution < 1.29 is 14.4 Å². The zero-order chi connectivity index (χ0) is 12.3. The van der Waals surface area contributed by atoms with Crippen LogP contribution in [0.15, 0.2) is 48.5 Å². The molecule has 0 saturated heterocycles. The van der Waals surface area contributed by atoms with Crippen molar-refractivity contribution in [1.29, 1.82) is 0 Å². The van der Waals surface area contributed by atoms with E-state index in [-0.39, 0.29) is 5.97 Å². The lowest BCUT2D eigenvalue weighted by Crippen LogP contribution is -2.50. The number of hydrogen-bond acceptors (Lipinski definition) is 2. The van der Waals surface area contributed by atoms with Gasteiger partial charge in [0.05, 0.1) is 5.56 Å². The molecule has 0 fully saturated rings. The molecule has 0 aliphatic carbocycles. The monoisotopic (exact) mass is 228 g/mol. The molecule has 2 aromatic rings. The van der Waals surface area contributed by atoms with Crippen molar-refractivity contribution in [3.8, 4) is 0 Å². The van der Waals surface area contributed by atoms with Gasteiger partial charge in [-0.3, -0.25) is 0 Å². The van der Waals surface area contributed by atoms with Crippen molar-refractivity contribution in [2.45, 2.75) is 13.8 Å². The highest BCUT2D eigenvalue weighted by molar-refractivity contribution is 5.89. The van der Waals surface area contributed by atoms with Gasteiger partial charge in [0.25, 0.3) is 0 Å². The minimum absolute atomic E-state index is 0.354. The van der Waals surface area contributed by atoms with E-state index in [1.165, 1.54) is 4.73 Å². The van der Waals surface area contributed by atoms with E-state index in [1.807, 2.05) is 50.2 Å². The molecule has 1 heterocycles. The van der Waals surface area contributed by atoms with E-state index in [1.54, 1.807) is 12.1 Å². The molecule has 3 nitrogen and oxygen atoms in total. The third-order valence-electron chi connectivity index (χ3n) is 2.50. The zero-order valence-electron chi connectivity index (χ0n) is 9.88. The van der Waals surface area contributed by atoms with Crippen LogP contribution in [0.5, 0.6) is 0 Å². The summed E-state index contributed by atoms with van der Waals surface area (Å²) >= 11 is 0. The highest BCUT2D eigenvalue weighted by atomic mass is 16.7. The Morgan fingerprint density at radius 2 is 1.53 bits per heavy atom. The maximum Gasteiger partial charge on any atom is 0.411 e. The Labute approximate surface area is 100 Å². The quantitative estimate of drug-likeness (QED) is 0.734. The third kappa shape index (κ3) is 2.50. The topological polar surface area (TPSA) is 30.2 Å². The van der Waals surface area contributed by atoms with E-state index < -0.39 is 0 Å². The van der Waals surface area contributed by atoms with Crippen LogP contribution < -0.4 is 9.57 Å². The van der Waals surface area contributed by atoms with Crippen LogP contribution in [0.3, 0.4) is 0 Å². The Bertz CT molecular complexity index is 515. The number of rotatable bonds is 2. The number of carbonyl (C=O) groups excluding carboxylic acids is 1. The first kappa shape index (κ1) is 11.3. The summed E-state index contributed by atoms with van der Waals surface area (Å²) in [5.41, 5.74) is 2.31. The first-order chi connectivity index (χ1) is 8.18. The molecule has 86 valence electrons. The second-order valence-electron chi connectivity index (χ2n) is 3.85. The number of aromatic nitrogens is 1. The number of nitrogens with zero attached hydrogens (tertiary/aromatic N) is 1. The number of carbonyl (C=O) groups is 1. The lowest BCUT2D eigenvalue weighted by Gasteiger charge is -2.01. The van der Waals surface area contributed by atoms with E-state index in [2.05, 4.69) is 0 Å². The molecule has 0 aliphatic rings. The Morgan fingerprint density at radius 3 is 2.12 bits per heavy atom. The van der Waals surface area contributed by atoms with Gasteiger partial charge in [0, 0.05) is 30.7 Å². The van der Waals surface area contributed by atoms with Crippen molar-refractivity contribution in [3.63, 3.8) is 0 Å². The maximum atomic E-state index is 11.9. The molecular formula is C14H14NO2+. The van der Waals surface area contributed by atoms with E-state index in [0.717, 1.165) is 11.4 Å². The molecule has 2 rings (SSSR count). The molecule has 0 amide bonds. The van der Waals surface area contributed by atoms with Crippen molar-refractivity contribution in [1.82, 2.24) is 0 Å². The van der Waals surface area contributed by atoms with Gasteiger partial charge in [0.2, 0.25) is 11.4 Å². The summed E-state index contributed by atoms with van der Waals surface area (Å²) in [4.78, 5) is 17.2. The molecule has 1 aromatic heterocycles. The van der Waals surface area contributed by atoms with Gasteiger partial charge in [-0.1, -0.05) is 18.2 Å². The number of aryl methyl sites for hydroxylation is 2. The number of hydrogen-bond donors (Lipinski definition) is 0. The average molecular weight is 228 g/mol. The van der Waals surface area contributed by atoms with Crippen molar-refractivity contribution in [2.24, 2.45) is 0 Å². The van der Waals surface area contributed by atoms with Crippen molar-refractivity contribution >= 4 is 5.97 Å². The second-order valence-corrected chi connectivity index (χ2v) is 3.85. The minimum atomic E-state index is -0.354. The summed E-state index contributed by atoms with van der Waals surface area (Å²) in [5.74, 6) is -0.354. The summed E-state index contributed by atoms with van der Waals surface area (Å²) in [7, 11) is 0. The number of benzene rings is 1. The summed E-state index contributed by atoms with van der Waals surface area (Å²) in [6, 6.07) is 14.7. The van der Waals surface area contributed by atoms with Gasteiger partial charge in [-0.25, -0.2) is 4.79 Å². The van der Waals surface area contributed by atoms with Crippen LogP contribution in [0, 0.1) is 13.8 Å². The largest absolute Gasteiger partial charge is 0.411 e. The Kier molecular flexibility index (Phi) is 3.19. The first-order valence-corrected chi connectivity index (χ1v) is 5.44. The summed E-state index contributed by atoms with van der Waals surface area (Å²) in [6.07, 6.45) is 0. The van der Waals surface area contributed by atoms with Crippen LogP contribution >= 0.6 is 0 Å². The highest BCUT2D eigenvalue weighted by Crippen LogP contribution is 1.99. The summed E-state index contributed by atoms with van der Waals surface area (Å²) < 4.78 is 1.54. The standard InChI is InChI=1S/C14H14NO2/c1-11-7-6-8-12(2)15(11)17-14(16)13-9-4-3-5-10-13/h3-10H,1-2H3/q+1. The lowest BCUT2D eigenvalue weighted by molar-refractivity contribution is -0.876. The molecule has 3 heteroatoms. The van der Waals surface area contributed by atoms with E-state index >= 15 is 0 Å². The molecule has 0 atom stereocenters. The minimum Gasteiger partial charge on any atom is -0.239 e. The fourth-order valence-electron chi connectivity index (χ4n) is 1.59. The van der Waals surface area contributed by atoms with Crippen LogP contribution in [0.1, 0.15) is 21.7 Å². The highest BCUT2D eigenvalue weighted by Gasteiger charge is 2.18. The van der Waals surface area contributed by atoms with Gasteiger partial charge >= 0.3 is 5.97 Å². The van der Waals surface area contributed by atoms with Gasteiger partial charge < -0.3 is 0 Å². The average Bonchev–Trinajstić information content (AvgIpc) is 2.35. The predicted molar refractivity (Wildman–Crippen MR) is 63.5 cm³/mol. The molecule has 0 bridgehead atoms. The predicted octanol–water partition coefficient (Wildman–Crippen LogP) is 1.86. The van der Waals surface area contributed by atoms with Gasteiger partial charge in [-0.2, -0.15) is 4.84 Å². The molecule has 0 radical (unpaired) electrons. The Balaban J connectivity index is 2.25. The van der Waals surface area contributed by atoms with E-state index in [4.69, 9.17) is 4.84 Å². The Hall–Kier alpha value is -2.16. The molecule has 0 N–H and O–H groups in total. The van der Waals surface area contributed by atoms with Crippen LogP contribution in [0.25, 0.3) is 0 Å². The van der Waals surface area contributed by atoms with E-state index in [9.17, 15) is 4.79 Å². The molecule has 1 aromatic carbocycles. The molecular weight excluding hydrogens is 214 g/mol. The van der Waals surface area contributed by atoms with Crippen LogP contribution in [-0.2, 0) is 0 Å². The first-order valence-electron chi connectivity index (χ1n) is 5.44. The maximum absolute atomic E-state index is 11.9. The smallest absolute Gasteiger partial charge is 0.239 e. The second kappa shape index (κ2) is 4.78. The fraction of sp³-hybridized carbons (Fsp3) is 0.143. The normalized spacial score (nSPS) is 10.0. The summed E-state index contributed by atoms with van der Waals surface area (Å²) in [6.45, 7) is 3.79. The van der Waals surface area contributed by atoms with Crippen molar-refractivity contribution in [3.05, 3.63) is 65.5 Å². The number of pyridine rings is 1. The van der Waals surface area contributed by atoms with Crippen LogP contribution in [-0.4, -0.2) is 5.97 Å². The van der Waals surface area contributed by atoms with Gasteiger partial charge in [0.15, 0.2) is 0 Å². The molecule has 17 heavy (non-hydrogen) atoms. The van der Waals surface area contributed by atoms with E-state index in [0.29, 0.717) is 5.56 Å². The lowest BCUT2D eigenvalue weighted by atomic mass is 10.2. The van der Waals surface area contributed by atoms with Crippen LogP contribution in [0.4, 0.5) is 0 Å². The van der Waals surface area contributed by atoms with Crippen LogP contribution in [0.2, 0.25) is 0 Å². The third-order valence-corrected chi connectivity index (χ3v) is 2.50. The Morgan fingerprint density at radius 1 is 0.941 bits per heavy atom. The molecule has 0 aliphatic heterocycles. The SMILES string of the molecule is Cc1cccc(C)[n+]1OC(=O)c1ccccc1. The van der Waals surface area contributed by atoms with Gasteiger partial charge in [0.1, 0.15) is 0 Å². The molecule has 0 spiro atoms. The summed E-state index contributed by atoms with van der Waals surface area (Å²) in [5, 5.41) is 0. The molecule has 0 saturated carbocycles. The zero-order valence-corrected chi connectivity index (χ0v) is 9.88. The van der Waals surface area contributed by atoms with Crippen molar-refractivity contribution in [2.75, 3.05) is 0 Å². The van der Waals surface area contributed by atoms with Gasteiger partial charge in [-0.05, 0) is 18.2 Å². The van der Waals surface area contributed by atoms with Gasteiger partial charge in [-0.15, -0.1) is 0 Å². The fourth-order valence-corrected chi connectivity index (χ4v) is 1.59.